The van der Waals surface area contributed by atoms with E-state index >= 15 is 0 Å². The molecule has 1 aliphatic rings. The van der Waals surface area contributed by atoms with Gasteiger partial charge in [-0.1, -0.05) is 27.7 Å². The van der Waals surface area contributed by atoms with Crippen LogP contribution < -0.4 is 39.7 Å². The van der Waals surface area contributed by atoms with E-state index < -0.39 is 48.0 Å². The summed E-state index contributed by atoms with van der Waals surface area (Å²) in [6.45, 7) is 8.45. The van der Waals surface area contributed by atoms with Gasteiger partial charge in [0.2, 0.25) is 0 Å². The summed E-state index contributed by atoms with van der Waals surface area (Å²) in [7, 11) is 0. The number of rotatable bonds is 12. The van der Waals surface area contributed by atoms with Crippen LogP contribution in [0, 0.1) is 11.8 Å². The fraction of sp³-hybridized carbons (Fsp3) is 0.750. The maximum atomic E-state index is 10.2. The number of nitrogens with zero attached hydrogens (tertiary/aromatic N) is 1. The quantitative estimate of drug-likeness (QED) is 0.0631. The highest BCUT2D eigenvalue weighted by Crippen LogP contribution is 2.03. The summed E-state index contributed by atoms with van der Waals surface area (Å²) < 4.78 is 0. The van der Waals surface area contributed by atoms with E-state index in [1.807, 2.05) is 13.8 Å². The number of carbonyl (C=O) groups is 5. The average molecular weight is 613 g/mol. The molecular formula is C24H52N8O10. The Kier molecular flexibility index (Phi) is 29.8. The van der Waals surface area contributed by atoms with Gasteiger partial charge in [0.05, 0.1) is 6.54 Å². The Balaban J connectivity index is -0.000000220. The van der Waals surface area contributed by atoms with Crippen molar-refractivity contribution in [2.75, 3.05) is 19.6 Å². The summed E-state index contributed by atoms with van der Waals surface area (Å²) >= 11 is 0. The molecule has 0 radical (unpaired) electrons. The molecule has 18 N–H and O–H groups in total. The highest BCUT2D eigenvalue weighted by molar-refractivity contribution is 5.76. The third-order valence-electron chi connectivity index (χ3n) is 4.86. The Morgan fingerprint density at radius 2 is 1.33 bits per heavy atom. The first-order valence-corrected chi connectivity index (χ1v) is 13.1. The third kappa shape index (κ3) is 34.4. The van der Waals surface area contributed by atoms with Crippen molar-refractivity contribution in [2.24, 2.45) is 51.2 Å². The SMILES string of the molecule is CC(C)C(N)C(=O)O.CC(C)CC(N)C(=O)O.NC(N)=NCCCC(N)C(=O)O.NCC(=O)O.O=C(O)[C@@H]1CCCN1. The number of guanidine groups is 1. The third-order valence-corrected chi connectivity index (χ3v) is 4.86. The van der Waals surface area contributed by atoms with Crippen LogP contribution in [-0.4, -0.2) is 105 Å². The van der Waals surface area contributed by atoms with Crippen molar-refractivity contribution in [1.29, 1.82) is 0 Å². The molecule has 1 fully saturated rings. The van der Waals surface area contributed by atoms with E-state index in [4.69, 9.17) is 54.2 Å². The van der Waals surface area contributed by atoms with Gasteiger partial charge in [-0.2, -0.15) is 0 Å². The molecule has 0 aromatic heterocycles. The van der Waals surface area contributed by atoms with Gasteiger partial charge in [0, 0.05) is 6.54 Å². The maximum Gasteiger partial charge on any atom is 0.320 e. The van der Waals surface area contributed by atoms with Crippen molar-refractivity contribution < 1.29 is 49.5 Å². The highest BCUT2D eigenvalue weighted by Gasteiger charge is 2.20. The lowest BCUT2D eigenvalue weighted by atomic mass is 10.1. The Hall–Kier alpha value is -3.58. The van der Waals surface area contributed by atoms with Crippen LogP contribution in [0.2, 0.25) is 0 Å². The average Bonchev–Trinajstić information content (AvgIpc) is 3.42. The van der Waals surface area contributed by atoms with Crippen LogP contribution in [0.4, 0.5) is 0 Å². The minimum atomic E-state index is -1.00. The minimum Gasteiger partial charge on any atom is -0.480 e. The summed E-state index contributed by atoms with van der Waals surface area (Å²) in [5.41, 5.74) is 30.3. The molecule has 0 saturated carbocycles. The summed E-state index contributed by atoms with van der Waals surface area (Å²) in [6, 6.07) is -2.49. The lowest BCUT2D eigenvalue weighted by Crippen LogP contribution is -2.34. The number of aliphatic carboxylic acids is 5. The predicted octanol–water partition coefficient (Wildman–Crippen LogP) is -2.20. The second kappa shape index (κ2) is 27.6. The molecule has 0 bridgehead atoms. The largest absolute Gasteiger partial charge is 0.480 e. The molecule has 4 atom stereocenters. The van der Waals surface area contributed by atoms with E-state index in [0.717, 1.165) is 19.4 Å². The van der Waals surface area contributed by atoms with Gasteiger partial charge in [0.1, 0.15) is 24.2 Å². The molecule has 248 valence electrons. The van der Waals surface area contributed by atoms with E-state index in [1.165, 1.54) is 0 Å². The van der Waals surface area contributed by atoms with Crippen LogP contribution in [0.25, 0.3) is 0 Å². The standard InChI is InChI=1S/C6H14N4O2.C6H13NO2.C5H9NO2.C5H11NO2.C2H5NO2/c7-4(5(11)12)2-1-3-10-6(8)9;1-4(2)3-5(7)6(8)9;7-5(8)4-2-1-3-6-4;1-3(2)4(6)5(7)8;3-1-2(4)5/h4H,1-3,7H2,(H,11,12)(H4,8,9,10);4-5H,3,7H2,1-2H3,(H,8,9);4,6H,1-3H2,(H,7,8);3-4H,6H2,1-2H3,(H,7,8);1,3H2,(H,4,5)/t;;4-;;/m..0../s1. The number of carboxylic acids is 5. The number of hydrogen-bond donors (Lipinski definition) is 12. The number of nitrogens with two attached hydrogens (primary N) is 6. The van der Waals surface area contributed by atoms with Gasteiger partial charge < -0.3 is 65.3 Å². The zero-order valence-corrected chi connectivity index (χ0v) is 24.8. The van der Waals surface area contributed by atoms with E-state index in [2.05, 4.69) is 16.0 Å². The van der Waals surface area contributed by atoms with Gasteiger partial charge in [0.25, 0.3) is 0 Å². The lowest BCUT2D eigenvalue weighted by molar-refractivity contribution is -0.140. The maximum absolute atomic E-state index is 10.2. The molecule has 42 heavy (non-hydrogen) atoms. The lowest BCUT2D eigenvalue weighted by Gasteiger charge is -2.07. The van der Waals surface area contributed by atoms with Crippen molar-refractivity contribution in [1.82, 2.24) is 5.32 Å². The summed E-state index contributed by atoms with van der Waals surface area (Å²) in [4.78, 5) is 53.4. The van der Waals surface area contributed by atoms with Gasteiger partial charge in [-0.3, -0.25) is 29.0 Å². The molecule has 0 aromatic carbocycles. The fourth-order valence-electron chi connectivity index (χ4n) is 2.43. The molecule has 3 unspecified atom stereocenters. The Morgan fingerprint density at radius 3 is 1.52 bits per heavy atom. The van der Waals surface area contributed by atoms with Crippen LogP contribution in [0.3, 0.4) is 0 Å². The molecule has 0 spiro atoms. The molecule has 1 saturated heterocycles. The molecule has 0 aliphatic carbocycles. The van der Waals surface area contributed by atoms with Gasteiger partial charge in [-0.15, -0.1) is 0 Å². The Bertz CT molecular complexity index is 790. The molecular weight excluding hydrogens is 560 g/mol. The summed E-state index contributed by atoms with van der Waals surface area (Å²) in [5.74, 6) is -4.14. The number of nitrogens with one attached hydrogen (secondary N) is 1. The Morgan fingerprint density at radius 1 is 0.857 bits per heavy atom. The molecule has 0 aromatic rings. The van der Waals surface area contributed by atoms with Crippen molar-refractivity contribution in [3.05, 3.63) is 0 Å². The van der Waals surface area contributed by atoms with Gasteiger partial charge in [-0.25, -0.2) is 0 Å². The van der Waals surface area contributed by atoms with Crippen molar-refractivity contribution in [2.45, 2.75) is 84.0 Å². The smallest absolute Gasteiger partial charge is 0.320 e. The van der Waals surface area contributed by atoms with Gasteiger partial charge in [-0.05, 0) is 50.5 Å². The second-order valence-electron chi connectivity index (χ2n) is 9.66. The van der Waals surface area contributed by atoms with Crippen LogP contribution in [0.15, 0.2) is 4.99 Å². The Labute approximate surface area is 245 Å². The zero-order valence-electron chi connectivity index (χ0n) is 24.8. The molecule has 0 amide bonds. The van der Waals surface area contributed by atoms with Gasteiger partial charge >= 0.3 is 29.8 Å². The van der Waals surface area contributed by atoms with Gasteiger partial charge in [0.15, 0.2) is 5.96 Å². The number of aliphatic imine (C=N–C) groups is 1. The monoisotopic (exact) mass is 612 g/mol. The highest BCUT2D eigenvalue weighted by atomic mass is 16.4. The first-order valence-electron chi connectivity index (χ1n) is 13.1. The minimum absolute atomic E-state index is 0.0129. The van der Waals surface area contributed by atoms with Crippen LogP contribution >= 0.6 is 0 Å². The fourth-order valence-corrected chi connectivity index (χ4v) is 2.43. The van der Waals surface area contributed by atoms with Crippen LogP contribution in [0.1, 0.15) is 59.8 Å². The zero-order chi connectivity index (χ0) is 34.0. The number of carboxylic acid groups (broad SMARTS) is 5. The topological polar surface area (TPSA) is 367 Å². The summed E-state index contributed by atoms with van der Waals surface area (Å²) in [6.07, 6.45) is 3.29. The molecule has 1 rings (SSSR count). The van der Waals surface area contributed by atoms with E-state index in [9.17, 15) is 24.0 Å². The molecule has 1 heterocycles. The first kappa shape index (κ1) is 45.4. The first-order chi connectivity index (χ1) is 19.2. The van der Waals surface area contributed by atoms with Crippen molar-refractivity contribution in [3.8, 4) is 0 Å². The molecule has 18 heteroatoms. The van der Waals surface area contributed by atoms with E-state index in [0.29, 0.717) is 31.7 Å². The number of hydrogen-bond acceptors (Lipinski definition) is 11. The predicted molar refractivity (Wildman–Crippen MR) is 156 cm³/mol. The van der Waals surface area contributed by atoms with E-state index in [1.54, 1.807) is 13.8 Å². The summed E-state index contributed by atoms with van der Waals surface area (Å²) in [5, 5.41) is 43.7. The normalized spacial score (nSPS) is 15.3. The molecule has 1 aliphatic heterocycles. The van der Waals surface area contributed by atoms with Crippen molar-refractivity contribution >= 4 is 35.8 Å². The van der Waals surface area contributed by atoms with Crippen molar-refractivity contribution in [3.63, 3.8) is 0 Å². The van der Waals surface area contributed by atoms with Crippen LogP contribution in [-0.2, 0) is 24.0 Å². The second-order valence-corrected chi connectivity index (χ2v) is 9.66. The molecule has 18 nitrogen and oxygen atoms in total. The van der Waals surface area contributed by atoms with Crippen LogP contribution in [0.5, 0.6) is 0 Å². The van der Waals surface area contributed by atoms with E-state index in [-0.39, 0.29) is 24.5 Å².